The summed E-state index contributed by atoms with van der Waals surface area (Å²) in [6.07, 6.45) is 2.45. The van der Waals surface area contributed by atoms with Crippen molar-refractivity contribution in [3.8, 4) is 0 Å². The van der Waals surface area contributed by atoms with E-state index in [1.54, 1.807) is 0 Å². The molecule has 0 N–H and O–H groups in total. The third-order valence-electron chi connectivity index (χ3n) is 2.69. The second-order valence-electron chi connectivity index (χ2n) is 4.09. The van der Waals surface area contributed by atoms with Gasteiger partial charge in [0, 0.05) is 19.3 Å². The summed E-state index contributed by atoms with van der Waals surface area (Å²) in [6.45, 7) is 9.54. The van der Waals surface area contributed by atoms with Crippen LogP contribution in [-0.2, 0) is 0 Å². The Morgan fingerprint density at radius 3 is 2.40 bits per heavy atom. The molecule has 0 spiro atoms. The molecule has 0 unspecified atom stereocenters. The Kier molecular flexibility index (Phi) is 4.41. The molecule has 0 atom stereocenters. The lowest BCUT2D eigenvalue weighted by atomic mass is 10.1. The van der Waals surface area contributed by atoms with Crippen LogP contribution in [0.15, 0.2) is 30.8 Å². The Bertz CT molecular complexity index is 311. The summed E-state index contributed by atoms with van der Waals surface area (Å²) in [5, 5.41) is 0. The third-order valence-corrected chi connectivity index (χ3v) is 2.69. The summed E-state index contributed by atoms with van der Waals surface area (Å²) in [6, 6.07) is 8.54. The molecule has 0 saturated carbocycles. The number of rotatable bonds is 5. The van der Waals surface area contributed by atoms with Crippen molar-refractivity contribution < 1.29 is 0 Å². The summed E-state index contributed by atoms with van der Waals surface area (Å²) < 4.78 is 0. The summed E-state index contributed by atoms with van der Waals surface area (Å²) >= 11 is 0. The van der Waals surface area contributed by atoms with Crippen molar-refractivity contribution in [1.29, 1.82) is 0 Å². The second kappa shape index (κ2) is 5.59. The fourth-order valence-corrected chi connectivity index (χ4v) is 1.50. The van der Waals surface area contributed by atoms with E-state index < -0.39 is 0 Å². The summed E-state index contributed by atoms with van der Waals surface area (Å²) in [5.74, 6) is 0. The molecule has 1 nitrogen and oxygen atoms in total. The number of hydrogen-bond acceptors (Lipinski definition) is 1. The standard InChI is InChI=1S/C14H21N/c1-5-6-11-15(4)13(3)14-9-7-12(2)8-10-14/h7-10H,3,5-6,11H2,1-2,4H3. The monoisotopic (exact) mass is 203 g/mol. The van der Waals surface area contributed by atoms with Gasteiger partial charge < -0.3 is 4.90 Å². The van der Waals surface area contributed by atoms with Gasteiger partial charge in [0.2, 0.25) is 0 Å². The van der Waals surface area contributed by atoms with E-state index in [0.29, 0.717) is 0 Å². The van der Waals surface area contributed by atoms with Crippen LogP contribution in [0.4, 0.5) is 0 Å². The summed E-state index contributed by atoms with van der Waals surface area (Å²) in [5.41, 5.74) is 3.63. The highest BCUT2D eigenvalue weighted by atomic mass is 15.1. The number of aryl methyl sites for hydroxylation is 1. The second-order valence-corrected chi connectivity index (χ2v) is 4.09. The van der Waals surface area contributed by atoms with E-state index in [0.717, 1.165) is 12.2 Å². The minimum atomic E-state index is 1.09. The minimum Gasteiger partial charge on any atom is -0.375 e. The topological polar surface area (TPSA) is 3.24 Å². The molecule has 0 saturated heterocycles. The van der Waals surface area contributed by atoms with Gasteiger partial charge in [0.05, 0.1) is 0 Å². The van der Waals surface area contributed by atoms with Crippen molar-refractivity contribution in [2.45, 2.75) is 26.7 Å². The maximum absolute atomic E-state index is 4.13. The maximum atomic E-state index is 4.13. The van der Waals surface area contributed by atoms with E-state index in [-0.39, 0.29) is 0 Å². The summed E-state index contributed by atoms with van der Waals surface area (Å²) in [7, 11) is 2.11. The van der Waals surface area contributed by atoms with Crippen molar-refractivity contribution in [2.24, 2.45) is 0 Å². The van der Waals surface area contributed by atoms with Gasteiger partial charge in [-0.3, -0.25) is 0 Å². The van der Waals surface area contributed by atoms with Crippen LogP contribution in [-0.4, -0.2) is 18.5 Å². The average molecular weight is 203 g/mol. The van der Waals surface area contributed by atoms with E-state index in [1.165, 1.54) is 24.0 Å². The molecule has 1 heteroatoms. The van der Waals surface area contributed by atoms with Gasteiger partial charge in [-0.25, -0.2) is 0 Å². The highest BCUT2D eigenvalue weighted by molar-refractivity contribution is 5.61. The molecule has 0 aliphatic rings. The molecule has 0 amide bonds. The average Bonchev–Trinajstić information content (AvgIpc) is 2.26. The van der Waals surface area contributed by atoms with Gasteiger partial charge in [-0.05, 0) is 18.9 Å². The summed E-state index contributed by atoms with van der Waals surface area (Å²) in [4.78, 5) is 2.23. The molecule has 0 heterocycles. The SMILES string of the molecule is C=C(c1ccc(C)cc1)N(C)CCCC. The van der Waals surface area contributed by atoms with Crippen molar-refractivity contribution in [3.63, 3.8) is 0 Å². The van der Waals surface area contributed by atoms with Crippen LogP contribution in [0.25, 0.3) is 5.70 Å². The van der Waals surface area contributed by atoms with Crippen molar-refractivity contribution in [1.82, 2.24) is 4.90 Å². The predicted molar refractivity (Wildman–Crippen MR) is 67.8 cm³/mol. The molecular formula is C14H21N. The Labute approximate surface area is 93.4 Å². The van der Waals surface area contributed by atoms with Gasteiger partial charge in [-0.2, -0.15) is 0 Å². The molecule has 0 radical (unpaired) electrons. The molecule has 15 heavy (non-hydrogen) atoms. The molecule has 1 aromatic rings. The molecule has 1 aromatic carbocycles. The lowest BCUT2D eigenvalue weighted by Gasteiger charge is -2.21. The van der Waals surface area contributed by atoms with Crippen LogP contribution in [0.3, 0.4) is 0 Å². The Hall–Kier alpha value is -1.24. The Morgan fingerprint density at radius 2 is 1.87 bits per heavy atom. The van der Waals surface area contributed by atoms with Gasteiger partial charge >= 0.3 is 0 Å². The first-order valence-electron chi connectivity index (χ1n) is 5.62. The molecule has 0 aliphatic carbocycles. The van der Waals surface area contributed by atoms with Crippen LogP contribution >= 0.6 is 0 Å². The Morgan fingerprint density at radius 1 is 1.27 bits per heavy atom. The van der Waals surface area contributed by atoms with Gasteiger partial charge in [0.15, 0.2) is 0 Å². The Balaban J connectivity index is 2.63. The van der Waals surface area contributed by atoms with E-state index in [4.69, 9.17) is 0 Å². The zero-order chi connectivity index (χ0) is 11.3. The van der Waals surface area contributed by atoms with Crippen molar-refractivity contribution in [3.05, 3.63) is 42.0 Å². The lowest BCUT2D eigenvalue weighted by molar-refractivity contribution is 0.463. The smallest absolute Gasteiger partial charge is 0.0364 e. The van der Waals surface area contributed by atoms with Gasteiger partial charge in [-0.1, -0.05) is 49.8 Å². The maximum Gasteiger partial charge on any atom is 0.0364 e. The highest BCUT2D eigenvalue weighted by Crippen LogP contribution is 2.16. The number of benzene rings is 1. The first-order valence-corrected chi connectivity index (χ1v) is 5.62. The van der Waals surface area contributed by atoms with Gasteiger partial charge in [0.1, 0.15) is 0 Å². The molecular weight excluding hydrogens is 182 g/mol. The zero-order valence-corrected chi connectivity index (χ0v) is 10.1. The van der Waals surface area contributed by atoms with Crippen LogP contribution in [0.1, 0.15) is 30.9 Å². The largest absolute Gasteiger partial charge is 0.375 e. The molecule has 0 bridgehead atoms. The van der Waals surface area contributed by atoms with Crippen LogP contribution in [0.2, 0.25) is 0 Å². The van der Waals surface area contributed by atoms with Crippen molar-refractivity contribution >= 4 is 5.70 Å². The first kappa shape index (κ1) is 11.8. The van der Waals surface area contributed by atoms with Crippen LogP contribution in [0.5, 0.6) is 0 Å². The fraction of sp³-hybridized carbons (Fsp3) is 0.429. The van der Waals surface area contributed by atoms with E-state index >= 15 is 0 Å². The molecule has 82 valence electrons. The van der Waals surface area contributed by atoms with E-state index in [9.17, 15) is 0 Å². The lowest BCUT2D eigenvalue weighted by Crippen LogP contribution is -2.17. The van der Waals surface area contributed by atoms with E-state index in [2.05, 4.69) is 56.6 Å². The number of nitrogens with zero attached hydrogens (tertiary/aromatic N) is 1. The third kappa shape index (κ3) is 3.43. The molecule has 0 aliphatic heterocycles. The number of unbranched alkanes of at least 4 members (excludes halogenated alkanes) is 1. The molecule has 0 fully saturated rings. The fourth-order valence-electron chi connectivity index (χ4n) is 1.50. The zero-order valence-electron chi connectivity index (χ0n) is 10.1. The minimum absolute atomic E-state index is 1.09. The van der Waals surface area contributed by atoms with Crippen LogP contribution in [0, 0.1) is 6.92 Å². The van der Waals surface area contributed by atoms with E-state index in [1.807, 2.05) is 0 Å². The number of hydrogen-bond donors (Lipinski definition) is 0. The molecule has 0 aromatic heterocycles. The van der Waals surface area contributed by atoms with Crippen molar-refractivity contribution in [2.75, 3.05) is 13.6 Å². The highest BCUT2D eigenvalue weighted by Gasteiger charge is 2.03. The molecule has 1 rings (SSSR count). The van der Waals surface area contributed by atoms with Crippen LogP contribution < -0.4 is 0 Å². The first-order chi connectivity index (χ1) is 7.15. The quantitative estimate of drug-likeness (QED) is 0.705. The predicted octanol–water partition coefficient (Wildman–Crippen LogP) is 3.70. The van der Waals surface area contributed by atoms with Gasteiger partial charge in [0.25, 0.3) is 0 Å². The van der Waals surface area contributed by atoms with Gasteiger partial charge in [-0.15, -0.1) is 0 Å². The normalized spacial score (nSPS) is 10.1.